The number of carbonyl (C=O) groups is 1. The highest BCUT2D eigenvalue weighted by Gasteiger charge is 2.11. The monoisotopic (exact) mass is 279 g/mol. The lowest BCUT2D eigenvalue weighted by molar-refractivity contribution is 0.0973. The van der Waals surface area contributed by atoms with Crippen LogP contribution in [0.15, 0.2) is 24.3 Å². The Kier molecular flexibility index (Phi) is 8.12. The maximum atomic E-state index is 12.7. The Labute approximate surface area is 122 Å². The highest BCUT2D eigenvalue weighted by molar-refractivity contribution is 5.95. The zero-order valence-corrected chi connectivity index (χ0v) is 12.7. The lowest BCUT2D eigenvalue weighted by Gasteiger charge is -2.26. The summed E-state index contributed by atoms with van der Waals surface area (Å²) in [6.45, 7) is 7.35. The topological polar surface area (TPSA) is 20.3 Å². The number of piperidine rings is 1. The minimum absolute atomic E-state index is 0.118. The van der Waals surface area contributed by atoms with Gasteiger partial charge in [0, 0.05) is 12.0 Å². The average molecular weight is 279 g/mol. The number of carbonyl (C=O) groups excluding carboxylic acids is 1. The molecule has 0 N–H and O–H groups in total. The molecule has 0 radical (unpaired) electrons. The van der Waals surface area contributed by atoms with Gasteiger partial charge < -0.3 is 4.90 Å². The zero-order chi connectivity index (χ0) is 14.8. The van der Waals surface area contributed by atoms with Crippen LogP contribution in [0.1, 0.15) is 56.3 Å². The summed E-state index contributed by atoms with van der Waals surface area (Å²) in [4.78, 5) is 14.3. The summed E-state index contributed by atoms with van der Waals surface area (Å²) < 4.78 is 12.7. The van der Waals surface area contributed by atoms with E-state index >= 15 is 0 Å². The molecule has 1 saturated heterocycles. The fourth-order valence-corrected chi connectivity index (χ4v) is 2.43. The van der Waals surface area contributed by atoms with E-state index in [2.05, 4.69) is 4.90 Å². The maximum Gasteiger partial charge on any atom is 0.162 e. The molecule has 2 nitrogen and oxygen atoms in total. The molecule has 0 spiro atoms. The van der Waals surface area contributed by atoms with Crippen LogP contribution >= 0.6 is 0 Å². The van der Waals surface area contributed by atoms with Gasteiger partial charge >= 0.3 is 0 Å². The highest BCUT2D eigenvalue weighted by Crippen LogP contribution is 2.11. The molecule has 0 atom stereocenters. The molecule has 1 fully saturated rings. The summed E-state index contributed by atoms with van der Waals surface area (Å²) in [5, 5.41) is 0. The van der Waals surface area contributed by atoms with E-state index in [0.29, 0.717) is 12.0 Å². The van der Waals surface area contributed by atoms with Gasteiger partial charge in [0.2, 0.25) is 0 Å². The van der Waals surface area contributed by atoms with Crippen LogP contribution in [-0.4, -0.2) is 30.3 Å². The summed E-state index contributed by atoms with van der Waals surface area (Å²) >= 11 is 0. The minimum atomic E-state index is -0.292. The smallest absolute Gasteiger partial charge is 0.162 e. The largest absolute Gasteiger partial charge is 0.303 e. The van der Waals surface area contributed by atoms with E-state index < -0.39 is 0 Å². The van der Waals surface area contributed by atoms with Crippen molar-refractivity contribution in [2.45, 2.75) is 46.0 Å². The molecule has 1 aliphatic rings. The summed E-state index contributed by atoms with van der Waals surface area (Å²) in [5.41, 5.74) is 0.620. The number of halogens is 1. The number of hydrogen-bond donors (Lipinski definition) is 0. The normalized spacial score (nSPS) is 15.3. The fourth-order valence-electron chi connectivity index (χ4n) is 2.43. The molecule has 1 heterocycles. The Hall–Kier alpha value is -1.22. The van der Waals surface area contributed by atoms with Crippen LogP contribution in [0.2, 0.25) is 0 Å². The zero-order valence-electron chi connectivity index (χ0n) is 12.7. The number of likely N-dealkylation sites (tertiary alicyclic amines) is 1. The van der Waals surface area contributed by atoms with Crippen LogP contribution in [0.5, 0.6) is 0 Å². The van der Waals surface area contributed by atoms with Crippen molar-refractivity contribution >= 4 is 5.78 Å². The van der Waals surface area contributed by atoms with Crippen molar-refractivity contribution < 1.29 is 9.18 Å². The molecular formula is C17H26FNO. The van der Waals surface area contributed by atoms with E-state index in [1.165, 1.54) is 44.5 Å². The standard InChI is InChI=1S/C15H20FNO.C2H6/c16-14-8-6-13(7-9-14)15(18)5-4-12-17-10-2-1-3-11-17;1-2/h6-9H,1-5,10-12H2;1-2H3. The molecule has 0 bridgehead atoms. The number of nitrogens with zero attached hydrogens (tertiary/aromatic N) is 1. The molecule has 2 rings (SSSR count). The first-order valence-electron chi connectivity index (χ1n) is 7.77. The van der Waals surface area contributed by atoms with Crippen molar-refractivity contribution in [3.63, 3.8) is 0 Å². The first-order chi connectivity index (χ1) is 9.75. The van der Waals surface area contributed by atoms with Gasteiger partial charge in [0.1, 0.15) is 5.82 Å². The lowest BCUT2D eigenvalue weighted by atomic mass is 10.1. The van der Waals surface area contributed by atoms with Crippen LogP contribution in [0.3, 0.4) is 0 Å². The second kappa shape index (κ2) is 9.65. The number of ketones is 1. The first-order valence-corrected chi connectivity index (χ1v) is 7.77. The van der Waals surface area contributed by atoms with Gasteiger partial charge in [-0.1, -0.05) is 20.3 Å². The molecule has 0 unspecified atom stereocenters. The molecule has 1 aromatic rings. The number of hydrogen-bond acceptors (Lipinski definition) is 2. The molecular weight excluding hydrogens is 253 g/mol. The Morgan fingerprint density at radius 1 is 1.10 bits per heavy atom. The number of Topliss-reactive ketones (excluding diaryl/α,β-unsaturated/α-hetero) is 1. The predicted octanol–water partition coefficient (Wildman–Crippen LogP) is 4.30. The van der Waals surface area contributed by atoms with Gasteiger partial charge in [-0.15, -0.1) is 0 Å². The molecule has 0 aromatic heterocycles. The van der Waals surface area contributed by atoms with Crippen molar-refractivity contribution in [1.82, 2.24) is 4.90 Å². The van der Waals surface area contributed by atoms with E-state index in [0.717, 1.165) is 13.0 Å². The van der Waals surface area contributed by atoms with Crippen molar-refractivity contribution in [2.75, 3.05) is 19.6 Å². The molecule has 20 heavy (non-hydrogen) atoms. The molecule has 1 aromatic carbocycles. The van der Waals surface area contributed by atoms with Crippen LogP contribution in [0.25, 0.3) is 0 Å². The van der Waals surface area contributed by atoms with E-state index in [1.807, 2.05) is 13.8 Å². The van der Waals surface area contributed by atoms with Crippen LogP contribution in [0, 0.1) is 5.82 Å². The third-order valence-corrected chi connectivity index (χ3v) is 3.49. The Balaban J connectivity index is 0.000000956. The molecule has 1 aliphatic heterocycles. The second-order valence-electron chi connectivity index (χ2n) is 4.94. The van der Waals surface area contributed by atoms with Crippen LogP contribution in [0.4, 0.5) is 4.39 Å². The van der Waals surface area contributed by atoms with Crippen molar-refractivity contribution in [3.8, 4) is 0 Å². The molecule has 0 saturated carbocycles. The predicted molar refractivity (Wildman–Crippen MR) is 81.6 cm³/mol. The second-order valence-corrected chi connectivity index (χ2v) is 4.94. The highest BCUT2D eigenvalue weighted by atomic mass is 19.1. The van der Waals surface area contributed by atoms with Gasteiger partial charge in [-0.25, -0.2) is 4.39 Å². The van der Waals surface area contributed by atoms with Crippen molar-refractivity contribution in [1.29, 1.82) is 0 Å². The fraction of sp³-hybridized carbons (Fsp3) is 0.588. The van der Waals surface area contributed by atoms with Gasteiger partial charge in [0.15, 0.2) is 5.78 Å². The third kappa shape index (κ3) is 5.83. The van der Waals surface area contributed by atoms with Gasteiger partial charge in [0.05, 0.1) is 0 Å². The molecule has 0 amide bonds. The average Bonchev–Trinajstić information content (AvgIpc) is 2.51. The van der Waals surface area contributed by atoms with Crippen LogP contribution in [-0.2, 0) is 0 Å². The van der Waals surface area contributed by atoms with E-state index in [4.69, 9.17) is 0 Å². The summed E-state index contributed by atoms with van der Waals surface area (Å²) in [6, 6.07) is 5.83. The van der Waals surface area contributed by atoms with Gasteiger partial charge in [-0.05, 0) is 63.2 Å². The first kappa shape index (κ1) is 16.8. The Morgan fingerprint density at radius 3 is 2.30 bits per heavy atom. The Bertz CT molecular complexity index is 382. The van der Waals surface area contributed by atoms with Crippen molar-refractivity contribution in [2.24, 2.45) is 0 Å². The van der Waals surface area contributed by atoms with Gasteiger partial charge in [0.25, 0.3) is 0 Å². The summed E-state index contributed by atoms with van der Waals surface area (Å²) in [7, 11) is 0. The van der Waals surface area contributed by atoms with Crippen molar-refractivity contribution in [3.05, 3.63) is 35.6 Å². The SMILES string of the molecule is CC.O=C(CCCN1CCCCC1)c1ccc(F)cc1. The van der Waals surface area contributed by atoms with Gasteiger partial charge in [-0.3, -0.25) is 4.79 Å². The Morgan fingerprint density at radius 2 is 1.70 bits per heavy atom. The molecule has 0 aliphatic carbocycles. The lowest BCUT2D eigenvalue weighted by Crippen LogP contribution is -2.30. The van der Waals surface area contributed by atoms with Crippen LogP contribution < -0.4 is 0 Å². The van der Waals surface area contributed by atoms with E-state index in [9.17, 15) is 9.18 Å². The molecule has 112 valence electrons. The van der Waals surface area contributed by atoms with E-state index in [1.54, 1.807) is 12.1 Å². The number of benzene rings is 1. The molecule has 3 heteroatoms. The number of rotatable bonds is 5. The maximum absolute atomic E-state index is 12.7. The summed E-state index contributed by atoms with van der Waals surface area (Å²) in [5.74, 6) is -0.174. The summed E-state index contributed by atoms with van der Waals surface area (Å²) in [6.07, 6.45) is 5.36. The van der Waals surface area contributed by atoms with E-state index in [-0.39, 0.29) is 11.6 Å². The third-order valence-electron chi connectivity index (χ3n) is 3.49. The quantitative estimate of drug-likeness (QED) is 0.749. The minimum Gasteiger partial charge on any atom is -0.303 e. The van der Waals surface area contributed by atoms with Gasteiger partial charge in [-0.2, -0.15) is 0 Å².